The average molecular weight is 234 g/mol. The molecule has 1 nitrogen and oxygen atoms in total. The molecule has 1 fully saturated rings. The van der Waals surface area contributed by atoms with E-state index in [1.54, 1.807) is 0 Å². The molecule has 1 unspecified atom stereocenters. The number of hydrogen-bond donors (Lipinski definition) is 0. The molecule has 1 aliphatic carbocycles. The van der Waals surface area contributed by atoms with Gasteiger partial charge in [-0.05, 0) is 30.9 Å². The lowest BCUT2D eigenvalue weighted by atomic mass is 9.99. The molecule has 0 aliphatic heterocycles. The smallest absolute Gasteiger partial charge is 0.134 e. The first-order chi connectivity index (χ1) is 7.75. The Kier molecular flexibility index (Phi) is 4.05. The normalized spacial score (nSPS) is 21.1. The topological polar surface area (TPSA) is 17.1 Å². The number of ketones is 1. The van der Waals surface area contributed by atoms with Crippen molar-refractivity contribution in [3.05, 3.63) is 35.4 Å². The highest BCUT2D eigenvalue weighted by Crippen LogP contribution is 2.29. The number of benzene rings is 1. The summed E-state index contributed by atoms with van der Waals surface area (Å²) in [6.07, 6.45) is 3.89. The van der Waals surface area contributed by atoms with Crippen molar-refractivity contribution in [2.24, 2.45) is 0 Å². The van der Waals surface area contributed by atoms with Crippen LogP contribution in [0, 0.1) is 6.92 Å². The highest BCUT2D eigenvalue weighted by Gasteiger charge is 2.19. The minimum absolute atomic E-state index is 0.452. The monoisotopic (exact) mass is 234 g/mol. The Morgan fingerprint density at radius 2 is 2.19 bits per heavy atom. The zero-order chi connectivity index (χ0) is 11.4. The molecule has 0 heterocycles. The largest absolute Gasteiger partial charge is 0.300 e. The summed E-state index contributed by atoms with van der Waals surface area (Å²) in [6, 6.07) is 8.51. The fraction of sp³-hybridized carbons (Fsp3) is 0.500. The molecule has 0 saturated heterocycles. The van der Waals surface area contributed by atoms with Gasteiger partial charge in [-0.1, -0.05) is 24.3 Å². The Balaban J connectivity index is 1.87. The first-order valence-corrected chi connectivity index (χ1v) is 6.98. The van der Waals surface area contributed by atoms with Crippen LogP contribution >= 0.6 is 11.8 Å². The van der Waals surface area contributed by atoms with Crippen LogP contribution in [0.3, 0.4) is 0 Å². The van der Waals surface area contributed by atoms with Crippen LogP contribution in [0.5, 0.6) is 0 Å². The quantitative estimate of drug-likeness (QED) is 0.792. The van der Waals surface area contributed by atoms with E-state index in [-0.39, 0.29) is 0 Å². The molecule has 1 aromatic carbocycles. The van der Waals surface area contributed by atoms with Crippen LogP contribution in [-0.2, 0) is 10.5 Å². The van der Waals surface area contributed by atoms with Gasteiger partial charge in [0.15, 0.2) is 0 Å². The van der Waals surface area contributed by atoms with Crippen LogP contribution in [0.1, 0.15) is 36.8 Å². The summed E-state index contributed by atoms with van der Waals surface area (Å²) in [6.45, 7) is 2.15. The molecule has 0 amide bonds. The first-order valence-electron chi connectivity index (χ1n) is 5.93. The number of aryl methyl sites for hydroxylation is 1. The molecule has 2 heteroatoms. The van der Waals surface area contributed by atoms with Crippen LogP contribution in [-0.4, -0.2) is 11.0 Å². The van der Waals surface area contributed by atoms with Gasteiger partial charge in [0.1, 0.15) is 5.78 Å². The summed E-state index contributed by atoms with van der Waals surface area (Å²) < 4.78 is 0. The Morgan fingerprint density at radius 1 is 1.38 bits per heavy atom. The lowest BCUT2D eigenvalue weighted by molar-refractivity contribution is -0.120. The van der Waals surface area contributed by atoms with Gasteiger partial charge in [0, 0.05) is 23.8 Å². The summed E-state index contributed by atoms with van der Waals surface area (Å²) in [5.41, 5.74) is 2.77. The first kappa shape index (κ1) is 11.7. The second kappa shape index (κ2) is 5.53. The Hall–Kier alpha value is -0.760. The molecule has 1 aliphatic rings. The van der Waals surface area contributed by atoms with Gasteiger partial charge in [-0.3, -0.25) is 4.79 Å². The van der Waals surface area contributed by atoms with E-state index in [0.29, 0.717) is 11.0 Å². The maximum absolute atomic E-state index is 11.3. The zero-order valence-electron chi connectivity index (χ0n) is 9.74. The second-order valence-corrected chi connectivity index (χ2v) is 5.78. The van der Waals surface area contributed by atoms with E-state index >= 15 is 0 Å². The van der Waals surface area contributed by atoms with Crippen LogP contribution in [0.15, 0.2) is 24.3 Å². The van der Waals surface area contributed by atoms with E-state index in [0.717, 1.165) is 25.0 Å². The van der Waals surface area contributed by atoms with Crippen LogP contribution < -0.4 is 0 Å². The highest BCUT2D eigenvalue weighted by molar-refractivity contribution is 7.99. The van der Waals surface area contributed by atoms with Gasteiger partial charge in [-0.15, -0.1) is 0 Å². The second-order valence-electron chi connectivity index (χ2n) is 4.49. The van der Waals surface area contributed by atoms with Crippen molar-refractivity contribution in [1.29, 1.82) is 0 Å². The molecule has 2 rings (SSSR count). The number of Topliss-reactive ketones (excluding diaryl/α,β-unsaturated/α-hetero) is 1. The molecule has 1 saturated carbocycles. The summed E-state index contributed by atoms with van der Waals surface area (Å²) >= 11 is 1.95. The van der Waals surface area contributed by atoms with Gasteiger partial charge in [0.2, 0.25) is 0 Å². The number of thioether (sulfide) groups is 1. The van der Waals surface area contributed by atoms with Crippen molar-refractivity contribution in [2.75, 3.05) is 0 Å². The summed E-state index contributed by atoms with van der Waals surface area (Å²) in [7, 11) is 0. The van der Waals surface area contributed by atoms with Gasteiger partial charge >= 0.3 is 0 Å². The van der Waals surface area contributed by atoms with Crippen molar-refractivity contribution in [3.8, 4) is 0 Å². The summed E-state index contributed by atoms with van der Waals surface area (Å²) in [5.74, 6) is 1.50. The molecule has 0 radical (unpaired) electrons. The van der Waals surface area contributed by atoms with E-state index in [2.05, 4.69) is 31.2 Å². The van der Waals surface area contributed by atoms with E-state index in [9.17, 15) is 4.79 Å². The molecular weight excluding hydrogens is 216 g/mol. The van der Waals surface area contributed by atoms with Gasteiger partial charge in [0.25, 0.3) is 0 Å². The number of carbonyl (C=O) groups is 1. The van der Waals surface area contributed by atoms with Crippen molar-refractivity contribution >= 4 is 17.5 Å². The van der Waals surface area contributed by atoms with Gasteiger partial charge in [-0.2, -0.15) is 11.8 Å². The number of hydrogen-bond acceptors (Lipinski definition) is 2. The SMILES string of the molecule is Cc1ccccc1CSC1CCCC(=O)C1. The molecule has 0 aromatic heterocycles. The average Bonchev–Trinajstić information content (AvgIpc) is 2.28. The maximum Gasteiger partial charge on any atom is 0.134 e. The molecule has 0 spiro atoms. The van der Waals surface area contributed by atoms with E-state index < -0.39 is 0 Å². The minimum atomic E-state index is 0.452. The predicted molar refractivity (Wildman–Crippen MR) is 69.7 cm³/mol. The molecular formula is C14H18OS. The third-order valence-corrected chi connectivity index (χ3v) is 4.52. The Labute approximate surface area is 102 Å². The van der Waals surface area contributed by atoms with E-state index in [1.807, 2.05) is 11.8 Å². The Morgan fingerprint density at radius 3 is 2.94 bits per heavy atom. The predicted octanol–water partition coefficient (Wildman–Crippen LogP) is 3.74. The molecule has 0 N–H and O–H groups in total. The third kappa shape index (κ3) is 3.11. The van der Waals surface area contributed by atoms with Crippen LogP contribution in [0.25, 0.3) is 0 Å². The van der Waals surface area contributed by atoms with Gasteiger partial charge in [0.05, 0.1) is 0 Å². The van der Waals surface area contributed by atoms with E-state index in [1.165, 1.54) is 17.5 Å². The Bertz CT molecular complexity index is 373. The standard InChI is InChI=1S/C14H18OS/c1-11-5-2-3-6-12(11)10-16-14-8-4-7-13(15)9-14/h2-3,5-6,14H,4,7-10H2,1H3. The third-order valence-electron chi connectivity index (χ3n) is 3.17. The molecule has 16 heavy (non-hydrogen) atoms. The van der Waals surface area contributed by atoms with Crippen molar-refractivity contribution in [2.45, 2.75) is 43.6 Å². The lowest BCUT2D eigenvalue weighted by Gasteiger charge is -2.20. The van der Waals surface area contributed by atoms with Gasteiger partial charge in [-0.25, -0.2) is 0 Å². The van der Waals surface area contributed by atoms with Crippen LogP contribution in [0.2, 0.25) is 0 Å². The zero-order valence-corrected chi connectivity index (χ0v) is 10.6. The lowest BCUT2D eigenvalue weighted by Crippen LogP contribution is -2.16. The minimum Gasteiger partial charge on any atom is -0.300 e. The number of rotatable bonds is 3. The van der Waals surface area contributed by atoms with Gasteiger partial charge < -0.3 is 0 Å². The van der Waals surface area contributed by atoms with Crippen LogP contribution in [0.4, 0.5) is 0 Å². The van der Waals surface area contributed by atoms with Crippen molar-refractivity contribution in [3.63, 3.8) is 0 Å². The fourth-order valence-electron chi connectivity index (χ4n) is 2.11. The van der Waals surface area contributed by atoms with Crippen molar-refractivity contribution in [1.82, 2.24) is 0 Å². The van der Waals surface area contributed by atoms with E-state index in [4.69, 9.17) is 0 Å². The highest BCUT2D eigenvalue weighted by atomic mass is 32.2. The molecule has 1 atom stereocenters. The number of carbonyl (C=O) groups excluding carboxylic acids is 1. The fourth-order valence-corrected chi connectivity index (χ4v) is 3.48. The maximum atomic E-state index is 11.3. The summed E-state index contributed by atoms with van der Waals surface area (Å²) in [5, 5.41) is 0.556. The summed E-state index contributed by atoms with van der Waals surface area (Å²) in [4.78, 5) is 11.3. The van der Waals surface area contributed by atoms with Crippen molar-refractivity contribution < 1.29 is 4.79 Å². The molecule has 1 aromatic rings. The molecule has 0 bridgehead atoms. The molecule has 86 valence electrons.